The Hall–Kier alpha value is -3.62. The second kappa shape index (κ2) is 16.5. The molecule has 1 saturated carbocycles. The number of ketones is 1. The van der Waals surface area contributed by atoms with Gasteiger partial charge in [-0.1, -0.05) is 97.1 Å². The minimum Gasteiger partial charge on any atom is -0.457 e. The molecule has 7 nitrogen and oxygen atoms in total. The predicted octanol–water partition coefficient (Wildman–Crippen LogP) is 5.86. The third-order valence-electron chi connectivity index (χ3n) is 8.56. The zero-order valence-electron chi connectivity index (χ0n) is 25.3. The first-order valence-corrected chi connectivity index (χ1v) is 15.7. The van der Waals surface area contributed by atoms with Crippen molar-refractivity contribution in [1.82, 2.24) is 4.90 Å². The molecule has 1 aliphatic heterocycles. The van der Waals surface area contributed by atoms with Gasteiger partial charge in [0.2, 0.25) is 0 Å². The minimum absolute atomic E-state index is 0.0196. The van der Waals surface area contributed by atoms with E-state index in [-0.39, 0.29) is 42.8 Å². The molecule has 5 rings (SSSR count). The largest absolute Gasteiger partial charge is 0.457 e. The zero-order chi connectivity index (χ0) is 30.6. The Balaban J connectivity index is 1.11. The van der Waals surface area contributed by atoms with Crippen LogP contribution in [-0.2, 0) is 25.6 Å². The molecule has 0 radical (unpaired) electrons. The van der Waals surface area contributed by atoms with E-state index in [1.807, 2.05) is 24.3 Å². The minimum atomic E-state index is -0.453. The Morgan fingerprint density at radius 2 is 1.57 bits per heavy atom. The van der Waals surface area contributed by atoms with Crippen LogP contribution in [0.4, 0.5) is 0 Å². The van der Waals surface area contributed by atoms with Crippen molar-refractivity contribution in [3.63, 3.8) is 0 Å². The summed E-state index contributed by atoms with van der Waals surface area (Å²) in [7, 11) is 0. The maximum Gasteiger partial charge on any atom is 0.306 e. The highest BCUT2D eigenvalue weighted by atomic mass is 16.5. The van der Waals surface area contributed by atoms with Gasteiger partial charge in [-0.05, 0) is 36.0 Å². The molecule has 1 aliphatic carbocycles. The van der Waals surface area contributed by atoms with E-state index in [1.54, 1.807) is 24.3 Å². The number of carbonyl (C=O) groups is 2. The van der Waals surface area contributed by atoms with E-state index in [9.17, 15) is 14.7 Å². The van der Waals surface area contributed by atoms with E-state index in [1.165, 1.54) is 11.1 Å². The summed E-state index contributed by atoms with van der Waals surface area (Å²) in [6.45, 7) is 3.24. The third kappa shape index (κ3) is 8.96. The molecular formula is C37H43NO6. The molecule has 2 fully saturated rings. The van der Waals surface area contributed by atoms with E-state index in [4.69, 9.17) is 14.2 Å². The number of hydrogen-bond donors (Lipinski definition) is 1. The van der Waals surface area contributed by atoms with E-state index in [0.29, 0.717) is 38.2 Å². The topological polar surface area (TPSA) is 85.3 Å². The van der Waals surface area contributed by atoms with Crippen molar-refractivity contribution in [1.29, 1.82) is 0 Å². The summed E-state index contributed by atoms with van der Waals surface area (Å²) in [6, 6.07) is 27.7. The van der Waals surface area contributed by atoms with Crippen molar-refractivity contribution in [3.05, 3.63) is 108 Å². The number of rotatable bonds is 14. The molecule has 7 heteroatoms. The molecule has 1 saturated heterocycles. The van der Waals surface area contributed by atoms with E-state index < -0.39 is 6.10 Å². The van der Waals surface area contributed by atoms with Crippen LogP contribution in [0.2, 0.25) is 0 Å². The van der Waals surface area contributed by atoms with Crippen LogP contribution in [-0.4, -0.2) is 72.9 Å². The molecule has 3 aromatic rings. The van der Waals surface area contributed by atoms with Crippen molar-refractivity contribution in [2.24, 2.45) is 5.92 Å². The average Bonchev–Trinajstić information content (AvgIpc) is 3.39. The maximum absolute atomic E-state index is 12.1. The lowest BCUT2D eigenvalue weighted by molar-refractivity contribution is -0.142. The molecule has 0 bridgehead atoms. The summed E-state index contributed by atoms with van der Waals surface area (Å²) in [5, 5.41) is 11.1. The Bertz CT molecular complexity index is 1340. The van der Waals surface area contributed by atoms with Gasteiger partial charge in [-0.2, -0.15) is 0 Å². The molecule has 0 spiro atoms. The van der Waals surface area contributed by atoms with Gasteiger partial charge < -0.3 is 19.3 Å². The van der Waals surface area contributed by atoms with Gasteiger partial charge in [0, 0.05) is 43.5 Å². The molecule has 2 aliphatic rings. The quantitative estimate of drug-likeness (QED) is 0.108. The number of nitrogens with zero attached hydrogens (tertiary/aromatic N) is 1. The highest BCUT2D eigenvalue weighted by molar-refractivity contribution is 5.97. The SMILES string of the molecule is O=C(CCC/C=C\CC1[C@@H](OCc2ccc(-c3ccccc3)cc2)C[C@@H](O)[C@@H]1N1CCOCC1)OCC(=O)c1ccccc1. The number of aliphatic hydroxyl groups is 1. The molecule has 1 heterocycles. The van der Waals surface area contributed by atoms with Crippen LogP contribution in [0.1, 0.15) is 48.0 Å². The number of hydrogen-bond acceptors (Lipinski definition) is 7. The first-order chi connectivity index (χ1) is 21.6. The summed E-state index contributed by atoms with van der Waals surface area (Å²) >= 11 is 0. The highest BCUT2D eigenvalue weighted by Crippen LogP contribution is 2.36. The Morgan fingerprint density at radius 1 is 0.886 bits per heavy atom. The molecule has 3 aromatic carbocycles. The maximum atomic E-state index is 12.1. The Labute approximate surface area is 260 Å². The van der Waals surface area contributed by atoms with Gasteiger partial charge in [0.1, 0.15) is 0 Å². The van der Waals surface area contributed by atoms with Crippen molar-refractivity contribution >= 4 is 11.8 Å². The van der Waals surface area contributed by atoms with Crippen LogP contribution < -0.4 is 0 Å². The Morgan fingerprint density at radius 3 is 2.30 bits per heavy atom. The molecule has 0 amide bonds. The van der Waals surface area contributed by atoms with Gasteiger partial charge in [0.25, 0.3) is 0 Å². The number of carbonyl (C=O) groups excluding carboxylic acids is 2. The summed E-state index contributed by atoms with van der Waals surface area (Å²) in [5.41, 5.74) is 4.02. The second-order valence-corrected chi connectivity index (χ2v) is 11.6. The number of esters is 1. The molecule has 232 valence electrons. The van der Waals surface area contributed by atoms with Crippen LogP contribution in [0.3, 0.4) is 0 Å². The van der Waals surface area contributed by atoms with Gasteiger partial charge >= 0.3 is 5.97 Å². The summed E-state index contributed by atoms with van der Waals surface area (Å²) < 4.78 is 17.2. The molecule has 44 heavy (non-hydrogen) atoms. The Kier molecular flexibility index (Phi) is 11.9. The van der Waals surface area contributed by atoms with Crippen LogP contribution in [0.25, 0.3) is 11.1 Å². The fourth-order valence-corrected chi connectivity index (χ4v) is 6.22. The molecule has 4 atom stereocenters. The third-order valence-corrected chi connectivity index (χ3v) is 8.56. The molecular weight excluding hydrogens is 554 g/mol. The van der Waals surface area contributed by atoms with E-state index in [0.717, 1.165) is 31.5 Å². The first kappa shape index (κ1) is 31.8. The summed E-state index contributed by atoms with van der Waals surface area (Å²) in [4.78, 5) is 26.6. The van der Waals surface area contributed by atoms with Gasteiger partial charge in [0.05, 0.1) is 32.0 Å². The van der Waals surface area contributed by atoms with Gasteiger partial charge in [-0.15, -0.1) is 0 Å². The number of benzene rings is 3. The van der Waals surface area contributed by atoms with Crippen LogP contribution in [0.15, 0.2) is 97.1 Å². The fourth-order valence-electron chi connectivity index (χ4n) is 6.22. The smallest absolute Gasteiger partial charge is 0.306 e. The van der Waals surface area contributed by atoms with Crippen LogP contribution in [0, 0.1) is 5.92 Å². The number of morpholine rings is 1. The van der Waals surface area contributed by atoms with Gasteiger partial charge in [-0.3, -0.25) is 14.5 Å². The normalized spacial score (nSPS) is 22.3. The molecule has 0 aromatic heterocycles. The standard InChI is InChI=1S/C37H43NO6/c39-33-25-35(43-26-28-17-19-30(20-18-28)29-11-5-3-6-12-29)32(37(33)38-21-23-42-24-22-38)15-9-1-2-10-16-36(41)44-27-34(40)31-13-7-4-8-14-31/h1,3-9,11-14,17-20,32-33,35,37,39H,2,10,15-16,21-27H2/b9-1-/t32?,33-,35+,37-/m1/s1. The van der Waals surface area contributed by atoms with Gasteiger partial charge in [-0.25, -0.2) is 0 Å². The average molecular weight is 598 g/mol. The lowest BCUT2D eigenvalue weighted by atomic mass is 9.94. The number of aliphatic hydroxyl groups excluding tert-OH is 1. The fraction of sp³-hybridized carbons (Fsp3) is 0.405. The number of ether oxygens (including phenoxy) is 3. The summed E-state index contributed by atoms with van der Waals surface area (Å²) in [5.74, 6) is -0.412. The zero-order valence-corrected chi connectivity index (χ0v) is 25.3. The summed E-state index contributed by atoms with van der Waals surface area (Å²) in [6.07, 6.45) is 6.78. The van der Waals surface area contributed by atoms with Crippen molar-refractivity contribution in [2.45, 2.75) is 57.0 Å². The molecule has 1 unspecified atom stereocenters. The highest BCUT2D eigenvalue weighted by Gasteiger charge is 2.45. The number of Topliss-reactive ketones (excluding diaryl/α,β-unsaturated/α-hetero) is 1. The van der Waals surface area contributed by atoms with Crippen LogP contribution >= 0.6 is 0 Å². The van der Waals surface area contributed by atoms with Crippen molar-refractivity contribution < 1.29 is 28.9 Å². The second-order valence-electron chi connectivity index (χ2n) is 11.6. The number of allylic oxidation sites excluding steroid dienone is 2. The lowest BCUT2D eigenvalue weighted by Gasteiger charge is -2.37. The van der Waals surface area contributed by atoms with E-state index in [2.05, 4.69) is 53.5 Å². The van der Waals surface area contributed by atoms with Crippen molar-refractivity contribution in [3.8, 4) is 11.1 Å². The lowest BCUT2D eigenvalue weighted by Crippen LogP contribution is -2.50. The van der Waals surface area contributed by atoms with Crippen molar-refractivity contribution in [2.75, 3.05) is 32.9 Å². The van der Waals surface area contributed by atoms with Gasteiger partial charge in [0.15, 0.2) is 12.4 Å². The monoisotopic (exact) mass is 597 g/mol. The van der Waals surface area contributed by atoms with E-state index >= 15 is 0 Å². The van der Waals surface area contributed by atoms with Crippen LogP contribution in [0.5, 0.6) is 0 Å². The number of unbranched alkanes of at least 4 members (excludes halogenated alkanes) is 1. The molecule has 1 N–H and O–H groups in total. The predicted molar refractivity (Wildman–Crippen MR) is 170 cm³/mol. The first-order valence-electron chi connectivity index (χ1n) is 15.7.